The Labute approximate surface area is 117 Å². The summed E-state index contributed by atoms with van der Waals surface area (Å²) < 4.78 is 11.0. The van der Waals surface area contributed by atoms with Crippen LogP contribution in [-0.2, 0) is 0 Å². The second-order valence-corrected chi connectivity index (χ2v) is 4.29. The molecule has 0 unspecified atom stereocenters. The van der Waals surface area contributed by atoms with E-state index in [9.17, 15) is 0 Å². The Morgan fingerprint density at radius 3 is 1.40 bits per heavy atom. The average Bonchev–Trinajstić information content (AvgIpc) is 2.39. The first-order chi connectivity index (χ1) is 9.56. The molecule has 2 aromatic carbocycles. The van der Waals surface area contributed by atoms with E-state index in [1.54, 1.807) is 36.4 Å². The van der Waals surface area contributed by atoms with Gasteiger partial charge in [-0.05, 0) is 36.4 Å². The molecule has 0 saturated heterocycles. The molecule has 0 aliphatic heterocycles. The SMILES string of the molecule is Nc1ccc(OCCOc2ccc(N)cc2N)c(N)c1. The highest BCUT2D eigenvalue weighted by atomic mass is 16.5. The first-order valence-electron chi connectivity index (χ1n) is 6.12. The Morgan fingerprint density at radius 2 is 1.05 bits per heavy atom. The van der Waals surface area contributed by atoms with Gasteiger partial charge in [-0.15, -0.1) is 0 Å². The van der Waals surface area contributed by atoms with E-state index in [0.717, 1.165) is 0 Å². The minimum atomic E-state index is 0.345. The van der Waals surface area contributed by atoms with E-state index in [1.165, 1.54) is 0 Å². The summed E-state index contributed by atoms with van der Waals surface area (Å²) in [5.41, 5.74) is 24.9. The van der Waals surface area contributed by atoms with E-state index < -0.39 is 0 Å². The number of benzene rings is 2. The predicted molar refractivity (Wildman–Crippen MR) is 81.5 cm³/mol. The van der Waals surface area contributed by atoms with Crippen LogP contribution in [0.1, 0.15) is 0 Å². The zero-order chi connectivity index (χ0) is 14.5. The van der Waals surface area contributed by atoms with E-state index in [2.05, 4.69) is 0 Å². The zero-order valence-electron chi connectivity index (χ0n) is 11.0. The minimum absolute atomic E-state index is 0.345. The van der Waals surface area contributed by atoms with Crippen molar-refractivity contribution < 1.29 is 9.47 Å². The molecule has 0 saturated carbocycles. The van der Waals surface area contributed by atoms with Crippen molar-refractivity contribution in [3.8, 4) is 11.5 Å². The first-order valence-corrected chi connectivity index (χ1v) is 6.12. The summed E-state index contributed by atoms with van der Waals surface area (Å²) in [6.07, 6.45) is 0. The van der Waals surface area contributed by atoms with Crippen molar-refractivity contribution in [3.05, 3.63) is 36.4 Å². The fourth-order valence-corrected chi connectivity index (χ4v) is 1.70. The molecule has 0 aromatic heterocycles. The highest BCUT2D eigenvalue weighted by Crippen LogP contribution is 2.25. The van der Waals surface area contributed by atoms with Crippen molar-refractivity contribution in [3.63, 3.8) is 0 Å². The van der Waals surface area contributed by atoms with Gasteiger partial charge >= 0.3 is 0 Å². The van der Waals surface area contributed by atoms with Crippen LogP contribution in [0.4, 0.5) is 22.7 Å². The van der Waals surface area contributed by atoms with Gasteiger partial charge in [-0.25, -0.2) is 0 Å². The lowest BCUT2D eigenvalue weighted by Gasteiger charge is -2.12. The third-order valence-corrected chi connectivity index (χ3v) is 2.67. The van der Waals surface area contributed by atoms with Crippen LogP contribution in [0.2, 0.25) is 0 Å². The summed E-state index contributed by atoms with van der Waals surface area (Å²) in [6, 6.07) is 10.2. The van der Waals surface area contributed by atoms with Crippen molar-refractivity contribution in [1.29, 1.82) is 0 Å². The van der Waals surface area contributed by atoms with Crippen molar-refractivity contribution in [2.24, 2.45) is 0 Å². The smallest absolute Gasteiger partial charge is 0.142 e. The molecule has 0 aliphatic rings. The van der Waals surface area contributed by atoms with Crippen LogP contribution in [0.3, 0.4) is 0 Å². The van der Waals surface area contributed by atoms with Gasteiger partial charge < -0.3 is 32.4 Å². The largest absolute Gasteiger partial charge is 0.488 e. The van der Waals surface area contributed by atoms with Crippen LogP contribution < -0.4 is 32.4 Å². The van der Waals surface area contributed by atoms with Gasteiger partial charge in [0.05, 0.1) is 11.4 Å². The Kier molecular flexibility index (Phi) is 4.05. The van der Waals surface area contributed by atoms with Crippen LogP contribution in [-0.4, -0.2) is 13.2 Å². The van der Waals surface area contributed by atoms with Gasteiger partial charge in [0.25, 0.3) is 0 Å². The lowest BCUT2D eigenvalue weighted by molar-refractivity contribution is 0.218. The second kappa shape index (κ2) is 5.92. The van der Waals surface area contributed by atoms with Crippen LogP contribution >= 0.6 is 0 Å². The summed E-state index contributed by atoms with van der Waals surface area (Å²) in [5.74, 6) is 1.15. The fraction of sp³-hybridized carbons (Fsp3) is 0.143. The Bertz CT molecular complexity index is 548. The molecule has 0 bridgehead atoms. The van der Waals surface area contributed by atoms with E-state index >= 15 is 0 Å². The van der Waals surface area contributed by atoms with Gasteiger partial charge in [0.15, 0.2) is 0 Å². The number of rotatable bonds is 5. The summed E-state index contributed by atoms with van der Waals surface area (Å²) in [6.45, 7) is 0.690. The van der Waals surface area contributed by atoms with Gasteiger partial charge in [-0.2, -0.15) is 0 Å². The maximum absolute atomic E-state index is 5.78. The summed E-state index contributed by atoms with van der Waals surface area (Å²) >= 11 is 0. The topological polar surface area (TPSA) is 123 Å². The lowest BCUT2D eigenvalue weighted by Crippen LogP contribution is -2.11. The van der Waals surface area contributed by atoms with Gasteiger partial charge in [0, 0.05) is 11.4 Å². The molecule has 0 fully saturated rings. The van der Waals surface area contributed by atoms with E-state index in [1.807, 2.05) is 0 Å². The monoisotopic (exact) mass is 274 g/mol. The summed E-state index contributed by atoms with van der Waals surface area (Å²) in [4.78, 5) is 0. The van der Waals surface area contributed by atoms with E-state index in [-0.39, 0.29) is 0 Å². The zero-order valence-corrected chi connectivity index (χ0v) is 11.0. The van der Waals surface area contributed by atoms with Crippen LogP contribution in [0, 0.1) is 0 Å². The number of hydrogen-bond acceptors (Lipinski definition) is 6. The molecule has 106 valence electrons. The predicted octanol–water partition coefficient (Wildman–Crippen LogP) is 1.47. The highest BCUT2D eigenvalue weighted by molar-refractivity contribution is 5.61. The highest BCUT2D eigenvalue weighted by Gasteiger charge is 2.03. The van der Waals surface area contributed by atoms with Crippen LogP contribution in [0.25, 0.3) is 0 Å². The number of ether oxygens (including phenoxy) is 2. The number of nitrogen functional groups attached to an aromatic ring is 4. The normalized spacial score (nSPS) is 10.2. The number of nitrogens with two attached hydrogens (primary N) is 4. The molecule has 0 aliphatic carbocycles. The summed E-state index contributed by atoms with van der Waals surface area (Å²) in [5, 5.41) is 0. The molecule has 0 heterocycles. The van der Waals surface area contributed by atoms with Crippen molar-refractivity contribution in [1.82, 2.24) is 0 Å². The van der Waals surface area contributed by atoms with Crippen molar-refractivity contribution in [2.75, 3.05) is 36.1 Å². The molecule has 0 radical (unpaired) electrons. The third-order valence-electron chi connectivity index (χ3n) is 2.67. The fourth-order valence-electron chi connectivity index (χ4n) is 1.70. The van der Waals surface area contributed by atoms with Gasteiger partial charge in [-0.1, -0.05) is 0 Å². The molecular weight excluding hydrogens is 256 g/mol. The van der Waals surface area contributed by atoms with Gasteiger partial charge in [0.2, 0.25) is 0 Å². The lowest BCUT2D eigenvalue weighted by atomic mass is 10.2. The van der Waals surface area contributed by atoms with Crippen molar-refractivity contribution in [2.45, 2.75) is 0 Å². The molecule has 2 rings (SSSR count). The van der Waals surface area contributed by atoms with Gasteiger partial charge in [-0.3, -0.25) is 0 Å². The standard InChI is InChI=1S/C14H18N4O2/c15-9-1-3-13(11(17)7-9)19-5-6-20-14-4-2-10(16)8-12(14)18/h1-4,7-8H,5-6,15-18H2. The first kappa shape index (κ1) is 13.7. The van der Waals surface area contributed by atoms with Crippen molar-refractivity contribution >= 4 is 22.7 Å². The second-order valence-electron chi connectivity index (χ2n) is 4.29. The van der Waals surface area contributed by atoms with Crippen LogP contribution in [0.15, 0.2) is 36.4 Å². The Morgan fingerprint density at radius 1 is 0.650 bits per heavy atom. The molecule has 8 N–H and O–H groups in total. The molecule has 20 heavy (non-hydrogen) atoms. The number of anilines is 4. The Balaban J connectivity index is 1.84. The van der Waals surface area contributed by atoms with E-state index in [0.29, 0.717) is 47.5 Å². The van der Waals surface area contributed by atoms with Gasteiger partial charge in [0.1, 0.15) is 24.7 Å². The summed E-state index contributed by atoms with van der Waals surface area (Å²) in [7, 11) is 0. The molecule has 2 aromatic rings. The quantitative estimate of drug-likeness (QED) is 0.483. The average molecular weight is 274 g/mol. The maximum atomic E-state index is 5.78. The molecular formula is C14H18N4O2. The number of hydrogen-bond donors (Lipinski definition) is 4. The molecule has 6 heteroatoms. The minimum Gasteiger partial charge on any atom is -0.488 e. The molecule has 0 spiro atoms. The van der Waals surface area contributed by atoms with E-state index in [4.69, 9.17) is 32.4 Å². The van der Waals surface area contributed by atoms with Crippen LogP contribution in [0.5, 0.6) is 11.5 Å². The Hall–Kier alpha value is -2.76. The maximum Gasteiger partial charge on any atom is 0.142 e. The molecule has 0 atom stereocenters. The third kappa shape index (κ3) is 3.38. The molecule has 0 amide bonds. The molecule has 6 nitrogen and oxygen atoms in total.